The minimum absolute atomic E-state index is 0.814. The van der Waals surface area contributed by atoms with Gasteiger partial charge in [-0.2, -0.15) is 0 Å². The average Bonchev–Trinajstić information content (AvgIpc) is 2.30. The molecule has 0 N–H and O–H groups in total. The molecule has 1 aromatic rings. The van der Waals surface area contributed by atoms with Crippen molar-refractivity contribution in [1.29, 1.82) is 0 Å². The van der Waals surface area contributed by atoms with Crippen LogP contribution in [0.5, 0.6) is 0 Å². The Balaban J connectivity index is 1.98. The zero-order valence-electron chi connectivity index (χ0n) is 9.45. The molecule has 1 saturated carbocycles. The maximum absolute atomic E-state index is 2.53. The van der Waals surface area contributed by atoms with E-state index >= 15 is 0 Å². The molecule has 1 heteroatoms. The summed E-state index contributed by atoms with van der Waals surface area (Å²) in [7, 11) is 2.28. The zero-order valence-corrected chi connectivity index (χ0v) is 9.45. The Morgan fingerprint density at radius 1 is 1.13 bits per heavy atom. The lowest BCUT2D eigenvalue weighted by atomic mass is 9.77. The molecule has 1 aromatic carbocycles. The zero-order chi connectivity index (χ0) is 10.3. The van der Waals surface area contributed by atoms with E-state index in [1.807, 2.05) is 0 Å². The van der Waals surface area contributed by atoms with Gasteiger partial charge in [-0.1, -0.05) is 31.0 Å². The summed E-state index contributed by atoms with van der Waals surface area (Å²) in [5, 5.41) is 0. The predicted octanol–water partition coefficient (Wildman–Crippen LogP) is 3.24. The smallest absolute Gasteiger partial charge is 0.0398 e. The molecule has 0 bridgehead atoms. The van der Waals surface area contributed by atoms with Gasteiger partial charge in [0.15, 0.2) is 0 Å². The van der Waals surface area contributed by atoms with E-state index in [0.29, 0.717) is 0 Å². The standard InChI is InChI=1S/C14H19N/c1-15-13-8-4-2-6-11(13)10-12-7-3-5-9-14(12)15/h2,4,6,8,12,14H,3,5,7,9-10H2,1H3. The highest BCUT2D eigenvalue weighted by atomic mass is 15.1. The molecule has 3 rings (SSSR count). The molecular weight excluding hydrogens is 182 g/mol. The molecule has 2 unspecified atom stereocenters. The van der Waals surface area contributed by atoms with Crippen LogP contribution in [0, 0.1) is 5.92 Å². The topological polar surface area (TPSA) is 3.24 Å². The molecular formula is C14H19N. The summed E-state index contributed by atoms with van der Waals surface area (Å²) in [5.74, 6) is 0.915. The van der Waals surface area contributed by atoms with Crippen LogP contribution >= 0.6 is 0 Å². The van der Waals surface area contributed by atoms with E-state index in [9.17, 15) is 0 Å². The lowest BCUT2D eigenvalue weighted by Crippen LogP contribution is -2.44. The summed E-state index contributed by atoms with van der Waals surface area (Å²) in [6, 6.07) is 9.74. The van der Waals surface area contributed by atoms with Gasteiger partial charge in [-0.3, -0.25) is 0 Å². The number of benzene rings is 1. The predicted molar refractivity (Wildman–Crippen MR) is 64.3 cm³/mol. The molecule has 0 amide bonds. The van der Waals surface area contributed by atoms with E-state index in [2.05, 4.69) is 36.2 Å². The molecule has 1 aliphatic heterocycles. The van der Waals surface area contributed by atoms with E-state index < -0.39 is 0 Å². The highest BCUT2D eigenvalue weighted by Gasteiger charge is 2.33. The fourth-order valence-electron chi connectivity index (χ4n) is 3.42. The van der Waals surface area contributed by atoms with Gasteiger partial charge in [0.25, 0.3) is 0 Å². The number of hydrogen-bond donors (Lipinski definition) is 0. The van der Waals surface area contributed by atoms with Crippen molar-refractivity contribution in [3.05, 3.63) is 29.8 Å². The largest absolute Gasteiger partial charge is 0.371 e. The molecule has 80 valence electrons. The third kappa shape index (κ3) is 1.45. The molecule has 2 atom stereocenters. The van der Waals surface area contributed by atoms with Crippen molar-refractivity contribution < 1.29 is 0 Å². The molecule has 0 radical (unpaired) electrons. The third-order valence-electron chi connectivity index (χ3n) is 4.22. The number of rotatable bonds is 0. The van der Waals surface area contributed by atoms with Crippen LogP contribution in [0.1, 0.15) is 31.2 Å². The minimum atomic E-state index is 0.814. The monoisotopic (exact) mass is 201 g/mol. The summed E-state index contributed by atoms with van der Waals surface area (Å²) >= 11 is 0. The van der Waals surface area contributed by atoms with E-state index in [1.165, 1.54) is 37.8 Å². The van der Waals surface area contributed by atoms with E-state index in [4.69, 9.17) is 0 Å². The Kier molecular flexibility index (Phi) is 2.19. The second kappa shape index (κ2) is 3.55. The molecule has 1 aliphatic carbocycles. The Hall–Kier alpha value is -0.980. The lowest BCUT2D eigenvalue weighted by molar-refractivity contribution is 0.287. The van der Waals surface area contributed by atoms with Crippen molar-refractivity contribution >= 4 is 5.69 Å². The van der Waals surface area contributed by atoms with Crippen LogP contribution in [0.4, 0.5) is 5.69 Å². The number of fused-ring (bicyclic) bond motifs is 2. The molecule has 0 saturated heterocycles. The van der Waals surface area contributed by atoms with Gasteiger partial charge in [0.05, 0.1) is 0 Å². The van der Waals surface area contributed by atoms with Gasteiger partial charge in [0.2, 0.25) is 0 Å². The molecule has 15 heavy (non-hydrogen) atoms. The third-order valence-corrected chi connectivity index (χ3v) is 4.22. The number of hydrogen-bond acceptors (Lipinski definition) is 1. The van der Waals surface area contributed by atoms with Crippen molar-refractivity contribution in [2.45, 2.75) is 38.1 Å². The van der Waals surface area contributed by atoms with Crippen molar-refractivity contribution in [3.63, 3.8) is 0 Å². The van der Waals surface area contributed by atoms with E-state index in [-0.39, 0.29) is 0 Å². The SMILES string of the molecule is CN1c2ccccc2CC2CCCCC21. The second-order valence-electron chi connectivity index (χ2n) is 5.06. The average molecular weight is 201 g/mol. The van der Waals surface area contributed by atoms with Gasteiger partial charge in [-0.05, 0) is 36.8 Å². The van der Waals surface area contributed by atoms with Crippen LogP contribution in [0.2, 0.25) is 0 Å². The number of para-hydroxylation sites is 1. The lowest BCUT2D eigenvalue weighted by Gasteiger charge is -2.44. The maximum Gasteiger partial charge on any atom is 0.0398 e. The fourth-order valence-corrected chi connectivity index (χ4v) is 3.42. The van der Waals surface area contributed by atoms with Gasteiger partial charge < -0.3 is 4.90 Å². The first-order valence-electron chi connectivity index (χ1n) is 6.17. The first-order chi connectivity index (χ1) is 7.36. The first-order valence-corrected chi connectivity index (χ1v) is 6.17. The molecule has 2 aliphatic rings. The maximum atomic E-state index is 2.53. The van der Waals surface area contributed by atoms with Gasteiger partial charge in [-0.25, -0.2) is 0 Å². The van der Waals surface area contributed by atoms with Crippen molar-refractivity contribution in [3.8, 4) is 0 Å². The highest BCUT2D eigenvalue weighted by molar-refractivity contribution is 5.56. The van der Waals surface area contributed by atoms with Crippen LogP contribution in [-0.2, 0) is 6.42 Å². The molecule has 0 spiro atoms. The molecule has 1 fully saturated rings. The first kappa shape index (κ1) is 9.26. The normalized spacial score (nSPS) is 29.5. The van der Waals surface area contributed by atoms with Crippen molar-refractivity contribution in [2.75, 3.05) is 11.9 Å². The van der Waals surface area contributed by atoms with E-state index in [1.54, 1.807) is 5.56 Å². The Labute approximate surface area is 92.1 Å². The Bertz CT molecular complexity index is 358. The Morgan fingerprint density at radius 3 is 2.87 bits per heavy atom. The van der Waals surface area contributed by atoms with Gasteiger partial charge in [0.1, 0.15) is 0 Å². The number of nitrogens with zero attached hydrogens (tertiary/aromatic N) is 1. The summed E-state index contributed by atoms with van der Waals surface area (Å²) in [6.07, 6.45) is 7.01. The summed E-state index contributed by atoms with van der Waals surface area (Å²) in [5.41, 5.74) is 3.03. The molecule has 0 aromatic heterocycles. The van der Waals surface area contributed by atoms with Crippen LogP contribution in [0.15, 0.2) is 24.3 Å². The molecule has 1 nitrogen and oxygen atoms in total. The van der Waals surface area contributed by atoms with Gasteiger partial charge >= 0.3 is 0 Å². The van der Waals surface area contributed by atoms with Crippen molar-refractivity contribution in [2.24, 2.45) is 5.92 Å². The fraction of sp³-hybridized carbons (Fsp3) is 0.571. The number of anilines is 1. The van der Waals surface area contributed by atoms with E-state index in [0.717, 1.165) is 12.0 Å². The summed E-state index contributed by atoms with van der Waals surface area (Å²) in [6.45, 7) is 0. The second-order valence-corrected chi connectivity index (χ2v) is 5.06. The van der Waals surface area contributed by atoms with Crippen molar-refractivity contribution in [1.82, 2.24) is 0 Å². The quantitative estimate of drug-likeness (QED) is 0.623. The Morgan fingerprint density at radius 2 is 1.93 bits per heavy atom. The van der Waals surface area contributed by atoms with Crippen LogP contribution in [-0.4, -0.2) is 13.1 Å². The van der Waals surface area contributed by atoms with Gasteiger partial charge in [-0.15, -0.1) is 0 Å². The highest BCUT2D eigenvalue weighted by Crippen LogP contribution is 2.39. The van der Waals surface area contributed by atoms with Crippen LogP contribution < -0.4 is 4.90 Å². The minimum Gasteiger partial charge on any atom is -0.371 e. The summed E-state index contributed by atoms with van der Waals surface area (Å²) < 4.78 is 0. The molecule has 1 heterocycles. The summed E-state index contributed by atoms with van der Waals surface area (Å²) in [4.78, 5) is 2.53. The van der Waals surface area contributed by atoms with Crippen LogP contribution in [0.3, 0.4) is 0 Å². The van der Waals surface area contributed by atoms with Gasteiger partial charge in [0, 0.05) is 18.8 Å². The van der Waals surface area contributed by atoms with Crippen LogP contribution in [0.25, 0.3) is 0 Å².